The number of rotatable bonds is 5. The van der Waals surface area contributed by atoms with Gasteiger partial charge in [0.15, 0.2) is 0 Å². The highest BCUT2D eigenvalue weighted by molar-refractivity contribution is 5.47. The van der Waals surface area contributed by atoms with Crippen molar-refractivity contribution in [2.45, 2.75) is 26.3 Å². The monoisotopic (exact) mass is 194 g/mol. The van der Waals surface area contributed by atoms with Gasteiger partial charge >= 0.3 is 0 Å². The van der Waals surface area contributed by atoms with Crippen molar-refractivity contribution in [2.24, 2.45) is 0 Å². The van der Waals surface area contributed by atoms with Crippen LogP contribution in [0.25, 0.3) is 0 Å². The molecule has 0 spiro atoms. The van der Waals surface area contributed by atoms with E-state index in [-0.39, 0.29) is 0 Å². The van der Waals surface area contributed by atoms with Crippen molar-refractivity contribution in [2.75, 3.05) is 19.0 Å². The summed E-state index contributed by atoms with van der Waals surface area (Å²) in [5.41, 5.74) is 2.15. The minimum absolute atomic E-state index is 0.415. The van der Waals surface area contributed by atoms with Crippen LogP contribution in [0.4, 0.5) is 5.69 Å². The molecule has 0 aliphatic rings. The van der Waals surface area contributed by atoms with Crippen molar-refractivity contribution in [1.29, 1.82) is 0 Å². The van der Waals surface area contributed by atoms with Gasteiger partial charge in [0.25, 0.3) is 0 Å². The summed E-state index contributed by atoms with van der Waals surface area (Å²) in [6.07, 6.45) is 2.81. The summed E-state index contributed by atoms with van der Waals surface area (Å²) in [7, 11) is 1.72. The van der Waals surface area contributed by atoms with Crippen LogP contribution in [0.5, 0.6) is 0 Å². The Kier molecular flexibility index (Phi) is 4.40. The van der Waals surface area contributed by atoms with Gasteiger partial charge in [0.2, 0.25) is 0 Å². The van der Waals surface area contributed by atoms with E-state index in [9.17, 15) is 0 Å². The summed E-state index contributed by atoms with van der Waals surface area (Å²) in [4.78, 5) is 4.22. The van der Waals surface area contributed by atoms with Crippen LogP contribution < -0.4 is 5.32 Å². The molecule has 1 atom stereocenters. The number of nitrogens with one attached hydrogen (secondary N) is 1. The average Bonchev–Trinajstić information content (AvgIpc) is 2.18. The molecule has 3 nitrogen and oxygen atoms in total. The molecule has 0 aromatic carbocycles. The van der Waals surface area contributed by atoms with Crippen molar-refractivity contribution in [3.05, 3.63) is 24.0 Å². The third-order valence-corrected chi connectivity index (χ3v) is 2.16. The van der Waals surface area contributed by atoms with Crippen LogP contribution in [-0.4, -0.2) is 24.7 Å². The van der Waals surface area contributed by atoms with Gasteiger partial charge in [-0.15, -0.1) is 0 Å². The lowest BCUT2D eigenvalue weighted by Gasteiger charge is -2.15. The fraction of sp³-hybridized carbons (Fsp3) is 0.545. The summed E-state index contributed by atoms with van der Waals surface area (Å²) in [6, 6.07) is 4.40. The fourth-order valence-electron chi connectivity index (χ4n) is 1.27. The first-order chi connectivity index (χ1) is 6.74. The van der Waals surface area contributed by atoms with Crippen molar-refractivity contribution < 1.29 is 4.74 Å². The van der Waals surface area contributed by atoms with Gasteiger partial charge in [0.1, 0.15) is 0 Å². The van der Waals surface area contributed by atoms with Crippen molar-refractivity contribution in [1.82, 2.24) is 4.98 Å². The maximum atomic E-state index is 5.02. The van der Waals surface area contributed by atoms with E-state index >= 15 is 0 Å². The average molecular weight is 194 g/mol. The Morgan fingerprint density at radius 3 is 3.00 bits per heavy atom. The fourth-order valence-corrected chi connectivity index (χ4v) is 1.27. The molecule has 1 unspecified atom stereocenters. The van der Waals surface area contributed by atoms with E-state index in [1.807, 2.05) is 19.1 Å². The Morgan fingerprint density at radius 2 is 2.36 bits per heavy atom. The molecule has 0 bridgehead atoms. The maximum absolute atomic E-state index is 5.02. The number of methoxy groups -OCH3 is 1. The van der Waals surface area contributed by atoms with Crippen LogP contribution in [0.3, 0.4) is 0 Å². The molecule has 78 valence electrons. The second kappa shape index (κ2) is 5.60. The second-order valence-electron chi connectivity index (χ2n) is 3.46. The van der Waals surface area contributed by atoms with Crippen LogP contribution >= 0.6 is 0 Å². The molecule has 1 aromatic heterocycles. The smallest absolute Gasteiger partial charge is 0.0603 e. The summed E-state index contributed by atoms with van der Waals surface area (Å²) in [6.45, 7) is 4.93. The molecule has 0 amide bonds. The Balaban J connectivity index is 2.47. The summed E-state index contributed by atoms with van der Waals surface area (Å²) < 4.78 is 5.02. The minimum Gasteiger partial charge on any atom is -0.385 e. The summed E-state index contributed by atoms with van der Waals surface area (Å²) in [5, 5.41) is 3.40. The number of hydrogen-bond donors (Lipinski definition) is 1. The zero-order valence-electron chi connectivity index (χ0n) is 9.08. The first kappa shape index (κ1) is 11.0. The molecule has 3 heteroatoms. The SMILES string of the molecule is COCCC(C)Nc1cccnc1C. The Labute approximate surface area is 85.5 Å². The van der Waals surface area contributed by atoms with Gasteiger partial charge in [-0.3, -0.25) is 4.98 Å². The van der Waals surface area contributed by atoms with E-state index in [0.717, 1.165) is 24.4 Å². The van der Waals surface area contributed by atoms with Crippen LogP contribution in [0.2, 0.25) is 0 Å². The Hall–Kier alpha value is -1.09. The lowest BCUT2D eigenvalue weighted by atomic mass is 10.2. The molecule has 14 heavy (non-hydrogen) atoms. The highest BCUT2D eigenvalue weighted by atomic mass is 16.5. The number of aryl methyl sites for hydroxylation is 1. The highest BCUT2D eigenvalue weighted by Gasteiger charge is 2.03. The van der Waals surface area contributed by atoms with Gasteiger partial charge in [-0.2, -0.15) is 0 Å². The number of nitrogens with zero attached hydrogens (tertiary/aromatic N) is 1. The van der Waals surface area contributed by atoms with Gasteiger partial charge in [-0.25, -0.2) is 0 Å². The molecule has 0 fully saturated rings. The standard InChI is InChI=1S/C11H18N2O/c1-9(6-8-14-3)13-11-5-4-7-12-10(11)2/h4-5,7,9,13H,6,8H2,1-3H3. The van der Waals surface area contributed by atoms with Crippen LogP contribution in [0.1, 0.15) is 19.0 Å². The third kappa shape index (κ3) is 3.34. The van der Waals surface area contributed by atoms with Crippen molar-refractivity contribution in [3.63, 3.8) is 0 Å². The van der Waals surface area contributed by atoms with Crippen LogP contribution in [-0.2, 0) is 4.74 Å². The Morgan fingerprint density at radius 1 is 1.57 bits per heavy atom. The maximum Gasteiger partial charge on any atom is 0.0603 e. The molecule has 1 heterocycles. The van der Waals surface area contributed by atoms with E-state index in [4.69, 9.17) is 4.74 Å². The largest absolute Gasteiger partial charge is 0.385 e. The van der Waals surface area contributed by atoms with Gasteiger partial charge in [-0.05, 0) is 32.4 Å². The van der Waals surface area contributed by atoms with E-state index in [0.29, 0.717) is 6.04 Å². The van der Waals surface area contributed by atoms with E-state index in [1.165, 1.54) is 0 Å². The second-order valence-corrected chi connectivity index (χ2v) is 3.46. The third-order valence-electron chi connectivity index (χ3n) is 2.16. The summed E-state index contributed by atoms with van der Waals surface area (Å²) >= 11 is 0. The number of aromatic nitrogens is 1. The molecule has 0 radical (unpaired) electrons. The molecule has 0 saturated heterocycles. The number of anilines is 1. The number of pyridine rings is 1. The van der Waals surface area contributed by atoms with Gasteiger partial charge < -0.3 is 10.1 Å². The van der Waals surface area contributed by atoms with Crippen molar-refractivity contribution in [3.8, 4) is 0 Å². The molecular formula is C11H18N2O. The normalized spacial score (nSPS) is 12.5. The zero-order valence-corrected chi connectivity index (χ0v) is 9.08. The Bertz CT molecular complexity index is 276. The summed E-state index contributed by atoms with van der Waals surface area (Å²) in [5.74, 6) is 0. The lowest BCUT2D eigenvalue weighted by molar-refractivity contribution is 0.191. The molecule has 1 N–H and O–H groups in total. The molecule has 1 aromatic rings. The van der Waals surface area contributed by atoms with Gasteiger partial charge in [-0.1, -0.05) is 0 Å². The highest BCUT2D eigenvalue weighted by Crippen LogP contribution is 2.12. The first-order valence-corrected chi connectivity index (χ1v) is 4.91. The molecule has 0 aliphatic carbocycles. The van der Waals surface area contributed by atoms with Crippen molar-refractivity contribution >= 4 is 5.69 Å². The van der Waals surface area contributed by atoms with Crippen LogP contribution in [0, 0.1) is 6.92 Å². The first-order valence-electron chi connectivity index (χ1n) is 4.91. The number of hydrogen-bond acceptors (Lipinski definition) is 3. The van der Waals surface area contributed by atoms with E-state index in [2.05, 4.69) is 17.2 Å². The van der Waals surface area contributed by atoms with Gasteiger partial charge in [0, 0.05) is 26.0 Å². The molecule has 0 aliphatic heterocycles. The topological polar surface area (TPSA) is 34.1 Å². The predicted octanol–water partition coefficient (Wildman–Crippen LogP) is 2.23. The quantitative estimate of drug-likeness (QED) is 0.780. The van der Waals surface area contributed by atoms with Gasteiger partial charge in [0.05, 0.1) is 11.4 Å². The number of ether oxygens (including phenoxy) is 1. The van der Waals surface area contributed by atoms with E-state index < -0.39 is 0 Å². The lowest BCUT2D eigenvalue weighted by Crippen LogP contribution is -2.17. The van der Waals surface area contributed by atoms with E-state index in [1.54, 1.807) is 13.3 Å². The molecule has 0 saturated carbocycles. The predicted molar refractivity (Wildman–Crippen MR) is 58.6 cm³/mol. The minimum atomic E-state index is 0.415. The molecule has 1 rings (SSSR count). The molecular weight excluding hydrogens is 176 g/mol. The van der Waals surface area contributed by atoms with Crippen LogP contribution in [0.15, 0.2) is 18.3 Å². The zero-order chi connectivity index (χ0) is 10.4.